The van der Waals surface area contributed by atoms with Crippen molar-refractivity contribution in [3.8, 4) is 0 Å². The molecule has 2 N–H and O–H groups in total. The molecular formula is C20H21F3N4O3S. The van der Waals surface area contributed by atoms with Crippen LogP contribution in [0.15, 0.2) is 59.7 Å². The molecule has 11 heteroatoms. The van der Waals surface area contributed by atoms with Crippen LogP contribution in [0.5, 0.6) is 0 Å². The lowest BCUT2D eigenvalue weighted by Crippen LogP contribution is -2.31. The Morgan fingerprint density at radius 1 is 1.06 bits per heavy atom. The van der Waals surface area contributed by atoms with Crippen molar-refractivity contribution in [2.24, 2.45) is 10.5 Å². The lowest BCUT2D eigenvalue weighted by molar-refractivity contribution is -0.123. The number of carbonyl (C=O) groups excluding carboxylic acids is 1. The lowest BCUT2D eigenvalue weighted by Gasteiger charge is -2.21. The molecule has 31 heavy (non-hydrogen) atoms. The molecule has 166 valence electrons. The Morgan fingerprint density at radius 2 is 1.68 bits per heavy atom. The Kier molecular flexibility index (Phi) is 5.99. The van der Waals surface area contributed by atoms with Crippen LogP contribution in [-0.4, -0.2) is 37.0 Å². The molecule has 1 aliphatic heterocycles. The number of anilines is 2. The van der Waals surface area contributed by atoms with Gasteiger partial charge in [-0.1, -0.05) is 50.2 Å². The first-order valence-electron chi connectivity index (χ1n) is 9.26. The van der Waals surface area contributed by atoms with Crippen LogP contribution in [-0.2, 0) is 21.4 Å². The first-order chi connectivity index (χ1) is 14.4. The number of amides is 1. The van der Waals surface area contributed by atoms with Gasteiger partial charge in [0.25, 0.3) is 5.91 Å². The summed E-state index contributed by atoms with van der Waals surface area (Å²) < 4.78 is 62.8. The average Bonchev–Trinajstić information content (AvgIpc) is 2.89. The summed E-state index contributed by atoms with van der Waals surface area (Å²) in [6, 6.07) is 14.7. The number of hydrazone groups is 1. The minimum atomic E-state index is -5.58. The first kappa shape index (κ1) is 22.6. The second-order valence-electron chi connectivity index (χ2n) is 7.69. The highest BCUT2D eigenvalue weighted by atomic mass is 32.2. The molecule has 1 saturated heterocycles. The Balaban J connectivity index is 1.82. The summed E-state index contributed by atoms with van der Waals surface area (Å²) in [4.78, 5) is 14.4. The number of likely N-dealkylation sites (tertiary alicyclic amines) is 1. The second kappa shape index (κ2) is 8.22. The maximum atomic E-state index is 12.9. The largest absolute Gasteiger partial charge is 0.516 e. The molecule has 1 amide bonds. The van der Waals surface area contributed by atoms with Crippen LogP contribution in [0.4, 0.5) is 24.5 Å². The number of halogens is 3. The molecule has 7 nitrogen and oxygen atoms in total. The van der Waals surface area contributed by atoms with Gasteiger partial charge in [0.1, 0.15) is 5.71 Å². The van der Waals surface area contributed by atoms with Crippen molar-refractivity contribution < 1.29 is 26.4 Å². The van der Waals surface area contributed by atoms with Gasteiger partial charge < -0.3 is 4.90 Å². The molecular weight excluding hydrogens is 433 g/mol. The number of hydrogen-bond donors (Lipinski definition) is 2. The number of sulfonamides is 1. The van der Waals surface area contributed by atoms with Gasteiger partial charge in [-0.05, 0) is 23.8 Å². The molecule has 0 spiro atoms. The van der Waals surface area contributed by atoms with E-state index in [4.69, 9.17) is 0 Å². The number of nitrogens with zero attached hydrogens (tertiary/aromatic N) is 2. The van der Waals surface area contributed by atoms with Crippen LogP contribution in [0.1, 0.15) is 19.4 Å². The number of benzene rings is 2. The van der Waals surface area contributed by atoms with E-state index in [0.29, 0.717) is 5.69 Å². The van der Waals surface area contributed by atoms with Gasteiger partial charge in [-0.15, -0.1) is 0 Å². The Labute approximate surface area is 178 Å². The van der Waals surface area contributed by atoms with Gasteiger partial charge in [0.15, 0.2) is 0 Å². The van der Waals surface area contributed by atoms with E-state index in [2.05, 4.69) is 10.5 Å². The highest BCUT2D eigenvalue weighted by Crippen LogP contribution is 2.32. The molecule has 1 heterocycles. The monoisotopic (exact) mass is 454 g/mol. The highest BCUT2D eigenvalue weighted by Gasteiger charge is 2.47. The van der Waals surface area contributed by atoms with Crippen molar-refractivity contribution in [2.45, 2.75) is 25.9 Å². The molecule has 0 saturated carbocycles. The molecule has 0 unspecified atom stereocenters. The van der Waals surface area contributed by atoms with E-state index in [1.165, 1.54) is 23.1 Å². The van der Waals surface area contributed by atoms with Crippen LogP contribution in [0.2, 0.25) is 0 Å². The van der Waals surface area contributed by atoms with E-state index in [1.807, 2.05) is 32.0 Å². The summed E-state index contributed by atoms with van der Waals surface area (Å²) in [5.74, 6) is -0.387. The predicted molar refractivity (Wildman–Crippen MR) is 112 cm³/mol. The highest BCUT2D eigenvalue weighted by molar-refractivity contribution is 7.93. The third-order valence-electron chi connectivity index (χ3n) is 4.72. The molecule has 0 bridgehead atoms. The third kappa shape index (κ3) is 4.98. The zero-order chi connectivity index (χ0) is 22.9. The molecule has 0 aromatic heterocycles. The van der Waals surface area contributed by atoms with Crippen molar-refractivity contribution in [1.29, 1.82) is 0 Å². The van der Waals surface area contributed by atoms with E-state index in [1.54, 1.807) is 22.9 Å². The van der Waals surface area contributed by atoms with Crippen LogP contribution in [0.25, 0.3) is 0 Å². The van der Waals surface area contributed by atoms with E-state index in [0.717, 1.165) is 0 Å². The van der Waals surface area contributed by atoms with Crippen molar-refractivity contribution >= 4 is 33.0 Å². The van der Waals surface area contributed by atoms with Crippen LogP contribution < -0.4 is 10.1 Å². The fraction of sp³-hybridized carbons (Fsp3) is 0.300. The van der Waals surface area contributed by atoms with E-state index >= 15 is 0 Å². The summed E-state index contributed by atoms with van der Waals surface area (Å²) in [5.41, 5.74) is -2.27. The van der Waals surface area contributed by atoms with Crippen molar-refractivity contribution in [3.63, 3.8) is 0 Å². The van der Waals surface area contributed by atoms with Crippen molar-refractivity contribution in [3.05, 3.63) is 60.2 Å². The lowest BCUT2D eigenvalue weighted by atomic mass is 9.91. The number of rotatable bonds is 6. The van der Waals surface area contributed by atoms with E-state index < -0.39 is 20.9 Å². The number of para-hydroxylation sites is 2. The van der Waals surface area contributed by atoms with Gasteiger partial charge in [0.05, 0.1) is 11.4 Å². The molecule has 2 aromatic carbocycles. The number of nitrogens with one attached hydrogen (secondary N) is 2. The number of alkyl halides is 3. The second-order valence-corrected chi connectivity index (χ2v) is 9.37. The number of carbonyl (C=O) groups is 1. The molecule has 0 aliphatic carbocycles. The van der Waals surface area contributed by atoms with Crippen LogP contribution >= 0.6 is 0 Å². The van der Waals surface area contributed by atoms with Gasteiger partial charge in [-0.2, -0.15) is 26.7 Å². The Hall–Kier alpha value is -3.08. The Morgan fingerprint density at radius 3 is 2.32 bits per heavy atom. The van der Waals surface area contributed by atoms with Gasteiger partial charge >= 0.3 is 15.5 Å². The van der Waals surface area contributed by atoms with Crippen LogP contribution in [0.3, 0.4) is 0 Å². The average molecular weight is 454 g/mol. The topological polar surface area (TPSA) is 90.9 Å². The maximum Gasteiger partial charge on any atom is 0.516 e. The molecule has 1 fully saturated rings. The third-order valence-corrected chi connectivity index (χ3v) is 5.81. The zero-order valence-electron chi connectivity index (χ0n) is 16.8. The van der Waals surface area contributed by atoms with E-state index in [9.17, 15) is 26.4 Å². The standard InChI is InChI=1S/C20H21F3N4O3S/c1-19(2)13-27(18(28)17(19)25-24-15-9-4-3-5-10-15)12-14-8-6-7-11-16(14)26-31(29,30)20(21,22)23/h3-11,24,26H,12-13H2,1-2H3/b25-17-. The summed E-state index contributed by atoms with van der Waals surface area (Å²) in [5, 5.41) is 4.25. The minimum Gasteiger partial charge on any atom is -0.332 e. The van der Waals surface area contributed by atoms with Gasteiger partial charge in [0, 0.05) is 18.5 Å². The summed E-state index contributed by atoms with van der Waals surface area (Å²) in [6.45, 7) is 3.84. The molecule has 1 aliphatic rings. The molecule has 2 aromatic rings. The zero-order valence-corrected chi connectivity index (χ0v) is 17.6. The smallest absolute Gasteiger partial charge is 0.332 e. The van der Waals surface area contributed by atoms with Crippen molar-refractivity contribution in [1.82, 2.24) is 4.90 Å². The van der Waals surface area contributed by atoms with Crippen molar-refractivity contribution in [2.75, 3.05) is 16.7 Å². The summed E-state index contributed by atoms with van der Waals surface area (Å²) >= 11 is 0. The maximum absolute atomic E-state index is 12.9. The van der Waals surface area contributed by atoms with Gasteiger partial charge in [-0.25, -0.2) is 0 Å². The predicted octanol–water partition coefficient (Wildman–Crippen LogP) is 3.78. The fourth-order valence-corrected chi connectivity index (χ4v) is 3.79. The fourth-order valence-electron chi connectivity index (χ4n) is 3.19. The molecule has 0 atom stereocenters. The first-order valence-corrected chi connectivity index (χ1v) is 10.7. The van der Waals surface area contributed by atoms with E-state index in [-0.39, 0.29) is 36.0 Å². The molecule has 0 radical (unpaired) electrons. The minimum absolute atomic E-state index is 0.0802. The molecule has 3 rings (SSSR count). The summed E-state index contributed by atoms with van der Waals surface area (Å²) in [7, 11) is -5.58. The summed E-state index contributed by atoms with van der Waals surface area (Å²) in [6.07, 6.45) is 0. The van der Waals surface area contributed by atoms with Crippen LogP contribution in [0, 0.1) is 5.41 Å². The quantitative estimate of drug-likeness (QED) is 0.650. The number of hydrogen-bond acceptors (Lipinski definition) is 5. The SMILES string of the molecule is CC1(C)CN(Cc2ccccc2NS(=O)(=O)C(F)(F)F)C(=O)/C1=N/Nc1ccccc1. The normalized spacial score (nSPS) is 17.8. The Bertz CT molecular complexity index is 1100. The van der Waals surface area contributed by atoms with Gasteiger partial charge in [-0.3, -0.25) is 14.9 Å². The van der Waals surface area contributed by atoms with Gasteiger partial charge in [0.2, 0.25) is 0 Å².